The fourth-order valence-electron chi connectivity index (χ4n) is 4.04. The van der Waals surface area contributed by atoms with E-state index >= 15 is 0 Å². The van der Waals surface area contributed by atoms with Crippen LogP contribution < -0.4 is 5.32 Å². The quantitative estimate of drug-likeness (QED) is 0.806. The zero-order valence-corrected chi connectivity index (χ0v) is 17.0. The molecule has 1 aromatic rings. The van der Waals surface area contributed by atoms with Gasteiger partial charge in [-0.05, 0) is 57.0 Å². The number of carbonyl (C=O) groups is 1. The maximum atomic E-state index is 12.8. The Morgan fingerprint density at radius 1 is 1.04 bits per heavy atom. The Morgan fingerprint density at radius 2 is 1.63 bits per heavy atom. The van der Waals surface area contributed by atoms with Gasteiger partial charge in [-0.25, -0.2) is 8.42 Å². The number of nitrogens with zero attached hydrogens (tertiary/aromatic N) is 2. The molecule has 1 amide bonds. The van der Waals surface area contributed by atoms with Gasteiger partial charge in [0.2, 0.25) is 15.9 Å². The van der Waals surface area contributed by atoms with E-state index in [1.54, 1.807) is 28.6 Å². The molecule has 150 valence electrons. The zero-order chi connectivity index (χ0) is 19.3. The Kier molecular flexibility index (Phi) is 6.89. The van der Waals surface area contributed by atoms with Gasteiger partial charge in [-0.3, -0.25) is 9.69 Å². The van der Waals surface area contributed by atoms with Crippen molar-refractivity contribution in [3.8, 4) is 0 Å². The van der Waals surface area contributed by atoms with Crippen LogP contribution in [-0.2, 0) is 14.8 Å². The van der Waals surface area contributed by atoms with Gasteiger partial charge in [0.05, 0.1) is 11.4 Å². The summed E-state index contributed by atoms with van der Waals surface area (Å²) >= 11 is 0. The van der Waals surface area contributed by atoms with Crippen molar-refractivity contribution in [1.82, 2.24) is 9.21 Å². The Bertz CT molecular complexity index is 719. The van der Waals surface area contributed by atoms with Crippen molar-refractivity contribution in [3.05, 3.63) is 24.3 Å². The number of amides is 1. The Labute approximate surface area is 163 Å². The van der Waals surface area contributed by atoms with Crippen LogP contribution in [0.3, 0.4) is 0 Å². The molecule has 1 N–H and O–H groups in total. The van der Waals surface area contributed by atoms with Gasteiger partial charge in [0.25, 0.3) is 0 Å². The van der Waals surface area contributed by atoms with Gasteiger partial charge in [0.15, 0.2) is 0 Å². The van der Waals surface area contributed by atoms with Gasteiger partial charge in [0.1, 0.15) is 0 Å². The molecule has 0 unspecified atom stereocenters. The number of likely N-dealkylation sites (N-methyl/N-ethyl adjacent to an activating group) is 1. The van der Waals surface area contributed by atoms with Gasteiger partial charge in [-0.15, -0.1) is 0 Å². The molecule has 1 saturated heterocycles. The molecule has 0 spiro atoms. The highest BCUT2D eigenvalue weighted by molar-refractivity contribution is 7.89. The van der Waals surface area contributed by atoms with Crippen molar-refractivity contribution >= 4 is 21.6 Å². The molecule has 0 aromatic heterocycles. The molecule has 1 saturated carbocycles. The highest BCUT2D eigenvalue weighted by Crippen LogP contribution is 2.23. The summed E-state index contributed by atoms with van der Waals surface area (Å²) in [5, 5.41) is 2.88. The van der Waals surface area contributed by atoms with Crippen LogP contribution in [0, 0.1) is 0 Å². The SMILES string of the molecule is CN(CC(=O)Nc1ccc(S(=O)(=O)N2CCCCCC2)cc1)C1CCCC1. The fraction of sp³-hybridized carbons (Fsp3) is 0.650. The lowest BCUT2D eigenvalue weighted by atomic mass is 10.2. The van der Waals surface area contributed by atoms with Gasteiger partial charge in [-0.2, -0.15) is 4.31 Å². The van der Waals surface area contributed by atoms with Gasteiger partial charge in [0, 0.05) is 24.8 Å². The number of rotatable bonds is 6. The topological polar surface area (TPSA) is 69.7 Å². The summed E-state index contributed by atoms with van der Waals surface area (Å²) in [5.74, 6) is -0.0625. The van der Waals surface area contributed by atoms with E-state index in [0.717, 1.165) is 38.5 Å². The lowest BCUT2D eigenvalue weighted by molar-refractivity contribution is -0.117. The minimum Gasteiger partial charge on any atom is -0.325 e. The van der Waals surface area contributed by atoms with E-state index in [9.17, 15) is 13.2 Å². The van der Waals surface area contributed by atoms with Crippen LogP contribution in [0.2, 0.25) is 0 Å². The summed E-state index contributed by atoms with van der Waals surface area (Å²) in [6.45, 7) is 1.54. The van der Waals surface area contributed by atoms with E-state index < -0.39 is 10.0 Å². The maximum Gasteiger partial charge on any atom is 0.243 e. The first-order chi connectivity index (χ1) is 13.0. The first-order valence-electron chi connectivity index (χ1n) is 10.1. The second-order valence-corrected chi connectivity index (χ2v) is 9.68. The predicted octanol–water partition coefficient (Wildman–Crippen LogP) is 3.06. The first kappa shape index (κ1) is 20.3. The van der Waals surface area contributed by atoms with Crippen LogP contribution in [0.15, 0.2) is 29.2 Å². The van der Waals surface area contributed by atoms with Crippen molar-refractivity contribution in [2.75, 3.05) is 32.0 Å². The normalized spacial score (nSPS) is 19.9. The van der Waals surface area contributed by atoms with E-state index in [0.29, 0.717) is 36.3 Å². The van der Waals surface area contributed by atoms with Crippen molar-refractivity contribution in [1.29, 1.82) is 0 Å². The molecular formula is C20H31N3O3S. The van der Waals surface area contributed by atoms with E-state index in [1.807, 2.05) is 7.05 Å². The molecule has 1 aliphatic heterocycles. The molecule has 2 aliphatic rings. The summed E-state index contributed by atoms with van der Waals surface area (Å²) in [6.07, 6.45) is 8.81. The summed E-state index contributed by atoms with van der Waals surface area (Å²) < 4.78 is 27.2. The molecule has 3 rings (SSSR count). The van der Waals surface area contributed by atoms with E-state index in [2.05, 4.69) is 10.2 Å². The number of sulfonamides is 1. The average molecular weight is 394 g/mol. The van der Waals surface area contributed by atoms with E-state index in [-0.39, 0.29) is 5.91 Å². The van der Waals surface area contributed by atoms with Crippen LogP contribution in [0.25, 0.3) is 0 Å². The zero-order valence-electron chi connectivity index (χ0n) is 16.2. The van der Waals surface area contributed by atoms with Crippen LogP contribution in [-0.4, -0.2) is 56.3 Å². The third kappa shape index (κ3) is 5.30. The molecule has 0 atom stereocenters. The number of benzene rings is 1. The summed E-state index contributed by atoms with van der Waals surface area (Å²) in [6, 6.07) is 7.04. The van der Waals surface area contributed by atoms with Gasteiger partial charge in [-0.1, -0.05) is 25.7 Å². The van der Waals surface area contributed by atoms with Crippen molar-refractivity contribution < 1.29 is 13.2 Å². The van der Waals surface area contributed by atoms with E-state index in [4.69, 9.17) is 0 Å². The highest BCUT2D eigenvalue weighted by Gasteiger charge is 2.25. The molecule has 1 aliphatic carbocycles. The third-order valence-corrected chi connectivity index (χ3v) is 7.59. The molecule has 6 nitrogen and oxygen atoms in total. The molecule has 2 fully saturated rings. The molecule has 1 heterocycles. The lowest BCUT2D eigenvalue weighted by Crippen LogP contribution is -2.36. The van der Waals surface area contributed by atoms with Crippen LogP contribution in [0.1, 0.15) is 51.4 Å². The van der Waals surface area contributed by atoms with Gasteiger partial charge >= 0.3 is 0 Å². The fourth-order valence-corrected chi connectivity index (χ4v) is 5.56. The summed E-state index contributed by atoms with van der Waals surface area (Å²) in [7, 11) is -1.46. The number of hydrogen-bond acceptors (Lipinski definition) is 4. The molecule has 27 heavy (non-hydrogen) atoms. The Balaban J connectivity index is 1.58. The first-order valence-corrected chi connectivity index (χ1v) is 11.5. The Morgan fingerprint density at radius 3 is 2.22 bits per heavy atom. The number of carbonyl (C=O) groups excluding carboxylic acids is 1. The van der Waals surface area contributed by atoms with Crippen molar-refractivity contribution in [3.63, 3.8) is 0 Å². The molecule has 0 bridgehead atoms. The molecule has 7 heteroatoms. The maximum absolute atomic E-state index is 12.8. The summed E-state index contributed by atoms with van der Waals surface area (Å²) in [4.78, 5) is 14.7. The Hall–Kier alpha value is -1.44. The second kappa shape index (κ2) is 9.17. The second-order valence-electron chi connectivity index (χ2n) is 7.74. The highest BCUT2D eigenvalue weighted by atomic mass is 32.2. The number of anilines is 1. The van der Waals surface area contributed by atoms with E-state index in [1.165, 1.54) is 12.8 Å². The van der Waals surface area contributed by atoms with Crippen LogP contribution in [0.5, 0.6) is 0 Å². The standard InChI is InChI=1S/C20H31N3O3S/c1-22(18-8-4-5-9-18)16-20(24)21-17-10-12-19(13-11-17)27(25,26)23-14-6-2-3-7-15-23/h10-13,18H,2-9,14-16H2,1H3,(H,21,24). The largest absolute Gasteiger partial charge is 0.325 e. The predicted molar refractivity (Wildman–Crippen MR) is 107 cm³/mol. The minimum atomic E-state index is -3.45. The van der Waals surface area contributed by atoms with Gasteiger partial charge < -0.3 is 5.32 Å². The lowest BCUT2D eigenvalue weighted by Gasteiger charge is -2.23. The monoisotopic (exact) mass is 393 g/mol. The number of hydrogen-bond donors (Lipinski definition) is 1. The third-order valence-electron chi connectivity index (χ3n) is 5.68. The van der Waals surface area contributed by atoms with Crippen LogP contribution >= 0.6 is 0 Å². The smallest absolute Gasteiger partial charge is 0.243 e. The minimum absolute atomic E-state index is 0.0625. The molecular weight excluding hydrogens is 362 g/mol. The van der Waals surface area contributed by atoms with Crippen molar-refractivity contribution in [2.24, 2.45) is 0 Å². The molecule has 0 radical (unpaired) electrons. The molecule has 1 aromatic carbocycles. The van der Waals surface area contributed by atoms with Crippen molar-refractivity contribution in [2.45, 2.75) is 62.3 Å². The van der Waals surface area contributed by atoms with Crippen LogP contribution in [0.4, 0.5) is 5.69 Å². The average Bonchev–Trinajstić information content (AvgIpc) is 3.04. The number of nitrogens with one attached hydrogen (secondary N) is 1. The summed E-state index contributed by atoms with van der Waals surface area (Å²) in [5.41, 5.74) is 0.634.